The van der Waals surface area contributed by atoms with Gasteiger partial charge in [0, 0.05) is 10.4 Å². The number of aryl methyl sites for hydroxylation is 1. The molecule has 28 heavy (non-hydrogen) atoms. The van der Waals surface area contributed by atoms with Crippen LogP contribution in [0.2, 0.25) is 5.02 Å². The van der Waals surface area contributed by atoms with Gasteiger partial charge in [0.1, 0.15) is 10.5 Å². The Hall–Kier alpha value is -2.89. The first-order valence-electron chi connectivity index (χ1n) is 8.59. The fraction of sp³-hybridized carbons (Fsp3) is 0.0455. The highest BCUT2D eigenvalue weighted by molar-refractivity contribution is 7.91. The molecule has 0 aliphatic rings. The molecule has 0 bridgehead atoms. The maximum Gasteiger partial charge on any atom is 0.239 e. The summed E-state index contributed by atoms with van der Waals surface area (Å²) in [6, 6.07) is 22.3. The summed E-state index contributed by atoms with van der Waals surface area (Å²) in [7, 11) is -3.82. The summed E-state index contributed by atoms with van der Waals surface area (Å²) in [5.74, 6) is 0. The topological polar surface area (TPSA) is 59.6 Å². The maximum absolute atomic E-state index is 13.3. The van der Waals surface area contributed by atoms with Gasteiger partial charge in [0.15, 0.2) is 0 Å². The molecule has 0 amide bonds. The van der Waals surface area contributed by atoms with Crippen LogP contribution in [0.4, 0.5) is 5.69 Å². The van der Waals surface area contributed by atoms with E-state index in [-0.39, 0.29) is 15.3 Å². The number of halogens is 1. The lowest BCUT2D eigenvalue weighted by Crippen LogP contribution is -2.15. The molecule has 0 radical (unpaired) electrons. The van der Waals surface area contributed by atoms with Crippen LogP contribution in [0, 0.1) is 6.92 Å². The third-order valence-corrected chi connectivity index (χ3v) is 6.52. The summed E-state index contributed by atoms with van der Waals surface area (Å²) < 4.78 is 32.4. The number of fused-ring (bicyclic) bond motifs is 1. The molecule has 4 nitrogen and oxygen atoms in total. The van der Waals surface area contributed by atoms with Crippen molar-refractivity contribution in [3.05, 3.63) is 95.0 Å². The molecule has 0 aliphatic carbocycles. The summed E-state index contributed by atoms with van der Waals surface area (Å²) in [5, 5.41) is 1.23. The first kappa shape index (κ1) is 18.5. The van der Waals surface area contributed by atoms with Crippen molar-refractivity contribution in [3.63, 3.8) is 0 Å². The zero-order valence-electron chi connectivity index (χ0n) is 15.0. The second kappa shape index (κ2) is 7.26. The minimum atomic E-state index is -3.82. The van der Waals surface area contributed by atoms with Crippen LogP contribution in [0.25, 0.3) is 11.0 Å². The van der Waals surface area contributed by atoms with Crippen molar-refractivity contribution in [2.24, 2.45) is 4.99 Å². The average molecular weight is 410 g/mol. The number of rotatable bonds is 3. The normalized spacial score (nSPS) is 12.4. The van der Waals surface area contributed by atoms with Gasteiger partial charge < -0.3 is 4.42 Å². The molecule has 140 valence electrons. The molecule has 3 aromatic carbocycles. The number of benzene rings is 3. The third kappa shape index (κ3) is 3.46. The average Bonchev–Trinajstić information content (AvgIpc) is 2.71. The lowest BCUT2D eigenvalue weighted by molar-refractivity contribution is 0.517. The van der Waals surface area contributed by atoms with Gasteiger partial charge in [-0.2, -0.15) is 0 Å². The van der Waals surface area contributed by atoms with Crippen LogP contribution in [-0.2, 0) is 9.84 Å². The van der Waals surface area contributed by atoms with Crippen LogP contribution in [0.3, 0.4) is 0 Å². The molecule has 0 aliphatic heterocycles. The fourth-order valence-corrected chi connectivity index (χ4v) is 4.36. The van der Waals surface area contributed by atoms with Gasteiger partial charge in [-0.25, -0.2) is 13.4 Å². The smallest absolute Gasteiger partial charge is 0.239 e. The Morgan fingerprint density at radius 2 is 1.61 bits per heavy atom. The Morgan fingerprint density at radius 1 is 0.893 bits per heavy atom. The van der Waals surface area contributed by atoms with E-state index in [1.807, 2.05) is 25.1 Å². The van der Waals surface area contributed by atoms with Gasteiger partial charge in [-0.05, 0) is 48.9 Å². The minimum Gasteiger partial charge on any atom is -0.437 e. The molecular formula is C22H16ClNO3S. The lowest BCUT2D eigenvalue weighted by atomic mass is 10.2. The molecule has 0 saturated heterocycles. The van der Waals surface area contributed by atoms with E-state index in [4.69, 9.17) is 16.0 Å². The van der Waals surface area contributed by atoms with Crippen molar-refractivity contribution in [3.8, 4) is 0 Å². The second-order valence-electron chi connectivity index (χ2n) is 6.32. The Bertz CT molecular complexity index is 1340. The van der Waals surface area contributed by atoms with Crippen molar-refractivity contribution in [1.29, 1.82) is 0 Å². The Kier molecular flexibility index (Phi) is 4.79. The van der Waals surface area contributed by atoms with Crippen LogP contribution in [0.5, 0.6) is 0 Å². The fourth-order valence-electron chi connectivity index (χ4n) is 2.82. The zero-order valence-corrected chi connectivity index (χ0v) is 16.5. The standard InChI is InChI=1S/C22H16ClNO3S/c1-15-11-12-17(14-19(15)23)24-22-21(13-16-7-5-6-10-20(16)27-22)28(25,26)18-8-3-2-4-9-18/h2-14H,1H3. The van der Waals surface area contributed by atoms with Gasteiger partial charge in [0.25, 0.3) is 0 Å². The van der Waals surface area contributed by atoms with Crippen LogP contribution in [0.1, 0.15) is 5.56 Å². The highest BCUT2D eigenvalue weighted by atomic mass is 35.5. The molecule has 0 spiro atoms. The number of hydrogen-bond donors (Lipinski definition) is 0. The van der Waals surface area contributed by atoms with Crippen molar-refractivity contribution < 1.29 is 12.8 Å². The van der Waals surface area contributed by atoms with Crippen LogP contribution in [0.15, 0.2) is 98.1 Å². The maximum atomic E-state index is 13.3. The molecule has 0 unspecified atom stereocenters. The third-order valence-electron chi connectivity index (χ3n) is 4.35. The first-order chi connectivity index (χ1) is 13.4. The highest BCUT2D eigenvalue weighted by Crippen LogP contribution is 2.24. The summed E-state index contributed by atoms with van der Waals surface area (Å²) in [6.45, 7) is 1.89. The van der Waals surface area contributed by atoms with Crippen LogP contribution in [-0.4, -0.2) is 8.42 Å². The van der Waals surface area contributed by atoms with Gasteiger partial charge in [0.05, 0.1) is 10.6 Å². The van der Waals surface area contributed by atoms with Crippen molar-refractivity contribution >= 4 is 38.1 Å². The molecule has 0 fully saturated rings. The van der Waals surface area contributed by atoms with E-state index >= 15 is 0 Å². The number of nitrogens with zero attached hydrogens (tertiary/aromatic N) is 1. The molecule has 4 rings (SSSR count). The summed E-state index contributed by atoms with van der Waals surface area (Å²) in [4.78, 5) is 4.64. The van der Waals surface area contributed by atoms with Gasteiger partial charge in [0.2, 0.25) is 15.4 Å². The van der Waals surface area contributed by atoms with E-state index in [1.54, 1.807) is 60.7 Å². The zero-order chi connectivity index (χ0) is 19.7. The highest BCUT2D eigenvalue weighted by Gasteiger charge is 2.22. The molecule has 0 saturated carbocycles. The Labute approximate surface area is 167 Å². The molecule has 1 aromatic heterocycles. The quantitative estimate of drug-likeness (QED) is 0.451. The second-order valence-corrected chi connectivity index (χ2v) is 8.64. The van der Waals surface area contributed by atoms with Gasteiger partial charge in [-0.3, -0.25) is 0 Å². The molecule has 0 N–H and O–H groups in total. The van der Waals surface area contributed by atoms with E-state index in [1.165, 1.54) is 0 Å². The predicted octanol–water partition coefficient (Wildman–Crippen LogP) is 5.46. The van der Waals surface area contributed by atoms with Gasteiger partial charge >= 0.3 is 0 Å². The largest absolute Gasteiger partial charge is 0.437 e. The van der Waals surface area contributed by atoms with E-state index < -0.39 is 9.84 Å². The number of hydrogen-bond acceptors (Lipinski definition) is 4. The Balaban J connectivity index is 2.03. The number of sulfone groups is 1. The summed E-state index contributed by atoms with van der Waals surface area (Å²) in [6.07, 6.45) is 0. The molecule has 4 aromatic rings. The summed E-state index contributed by atoms with van der Waals surface area (Å²) in [5.41, 5.74) is 1.99. The molecule has 6 heteroatoms. The Morgan fingerprint density at radius 3 is 2.36 bits per heavy atom. The SMILES string of the molecule is Cc1ccc(N=c2oc3ccccc3cc2S(=O)(=O)c2ccccc2)cc1Cl. The predicted molar refractivity (Wildman–Crippen MR) is 110 cm³/mol. The summed E-state index contributed by atoms with van der Waals surface area (Å²) >= 11 is 6.19. The van der Waals surface area contributed by atoms with Gasteiger partial charge in [-0.15, -0.1) is 0 Å². The number of para-hydroxylation sites is 1. The minimum absolute atomic E-state index is 0.00842. The van der Waals surface area contributed by atoms with Crippen LogP contribution >= 0.6 is 11.6 Å². The molecular weight excluding hydrogens is 394 g/mol. The van der Waals surface area contributed by atoms with E-state index in [0.29, 0.717) is 21.7 Å². The van der Waals surface area contributed by atoms with Crippen molar-refractivity contribution in [1.82, 2.24) is 0 Å². The van der Waals surface area contributed by atoms with E-state index in [9.17, 15) is 8.42 Å². The lowest BCUT2D eigenvalue weighted by Gasteiger charge is -2.07. The van der Waals surface area contributed by atoms with E-state index in [0.717, 1.165) is 5.56 Å². The molecule has 1 heterocycles. The van der Waals surface area contributed by atoms with Gasteiger partial charge in [-0.1, -0.05) is 54.1 Å². The van der Waals surface area contributed by atoms with Crippen molar-refractivity contribution in [2.75, 3.05) is 0 Å². The molecule has 0 atom stereocenters. The van der Waals surface area contributed by atoms with Crippen molar-refractivity contribution in [2.45, 2.75) is 16.7 Å². The first-order valence-corrected chi connectivity index (χ1v) is 10.5. The monoisotopic (exact) mass is 409 g/mol. The van der Waals surface area contributed by atoms with E-state index in [2.05, 4.69) is 4.99 Å². The van der Waals surface area contributed by atoms with Crippen LogP contribution < -0.4 is 5.55 Å².